The van der Waals surface area contributed by atoms with E-state index in [4.69, 9.17) is 4.52 Å². The van der Waals surface area contributed by atoms with Gasteiger partial charge in [0, 0.05) is 18.2 Å². The summed E-state index contributed by atoms with van der Waals surface area (Å²) in [6.07, 6.45) is 3.25. The van der Waals surface area contributed by atoms with Crippen molar-refractivity contribution in [2.75, 3.05) is 5.32 Å². The van der Waals surface area contributed by atoms with Gasteiger partial charge in [0.25, 0.3) is 0 Å². The minimum absolute atomic E-state index is 0.289. The van der Waals surface area contributed by atoms with E-state index in [1.807, 2.05) is 0 Å². The smallest absolute Gasteiger partial charge is 0.145 e. The SMILES string of the molecule is CC(C)c1nocc1CNc1cnc2ccc(F)cc2n1. The Labute approximate surface area is 121 Å². The highest BCUT2D eigenvalue weighted by atomic mass is 19.1. The second kappa shape index (κ2) is 5.47. The van der Waals surface area contributed by atoms with Crippen molar-refractivity contribution >= 4 is 16.9 Å². The van der Waals surface area contributed by atoms with Gasteiger partial charge in [-0.1, -0.05) is 19.0 Å². The monoisotopic (exact) mass is 286 g/mol. The summed E-state index contributed by atoms with van der Waals surface area (Å²) in [6, 6.07) is 4.35. The molecule has 108 valence electrons. The summed E-state index contributed by atoms with van der Waals surface area (Å²) in [4.78, 5) is 8.59. The van der Waals surface area contributed by atoms with Crippen LogP contribution in [0.1, 0.15) is 31.0 Å². The Kier molecular flexibility index (Phi) is 3.51. The van der Waals surface area contributed by atoms with E-state index in [2.05, 4.69) is 34.3 Å². The number of nitrogens with one attached hydrogen (secondary N) is 1. The molecule has 0 saturated carbocycles. The summed E-state index contributed by atoms with van der Waals surface area (Å²) < 4.78 is 18.2. The quantitative estimate of drug-likeness (QED) is 0.795. The first-order chi connectivity index (χ1) is 10.1. The molecule has 0 fully saturated rings. The zero-order valence-corrected chi connectivity index (χ0v) is 11.8. The zero-order valence-electron chi connectivity index (χ0n) is 11.8. The van der Waals surface area contributed by atoms with Gasteiger partial charge in [-0.15, -0.1) is 0 Å². The average Bonchev–Trinajstić information content (AvgIpc) is 2.93. The Hall–Kier alpha value is -2.50. The summed E-state index contributed by atoms with van der Waals surface area (Å²) >= 11 is 0. The van der Waals surface area contributed by atoms with Crippen LogP contribution in [0, 0.1) is 5.82 Å². The van der Waals surface area contributed by atoms with Gasteiger partial charge in [0.1, 0.15) is 17.9 Å². The lowest BCUT2D eigenvalue weighted by molar-refractivity contribution is 0.408. The third-order valence-corrected chi connectivity index (χ3v) is 3.19. The molecule has 3 aromatic rings. The lowest BCUT2D eigenvalue weighted by Crippen LogP contribution is -2.04. The number of nitrogens with zero attached hydrogens (tertiary/aromatic N) is 3. The van der Waals surface area contributed by atoms with E-state index in [0.29, 0.717) is 23.4 Å². The minimum atomic E-state index is -0.324. The van der Waals surface area contributed by atoms with E-state index in [-0.39, 0.29) is 11.7 Å². The second-order valence-electron chi connectivity index (χ2n) is 5.12. The van der Waals surface area contributed by atoms with Crippen LogP contribution in [0.5, 0.6) is 0 Å². The molecule has 0 amide bonds. The van der Waals surface area contributed by atoms with Crippen LogP contribution < -0.4 is 5.32 Å². The summed E-state index contributed by atoms with van der Waals surface area (Å²) in [7, 11) is 0. The van der Waals surface area contributed by atoms with Crippen LogP contribution in [0.4, 0.5) is 10.2 Å². The molecule has 0 aliphatic carbocycles. The van der Waals surface area contributed by atoms with Crippen molar-refractivity contribution < 1.29 is 8.91 Å². The molecular formula is C15H15FN4O. The molecule has 21 heavy (non-hydrogen) atoms. The fourth-order valence-corrected chi connectivity index (χ4v) is 2.13. The van der Waals surface area contributed by atoms with Crippen molar-refractivity contribution in [1.82, 2.24) is 15.1 Å². The number of hydrogen-bond donors (Lipinski definition) is 1. The molecule has 1 N–H and O–H groups in total. The molecule has 0 radical (unpaired) electrons. The average molecular weight is 286 g/mol. The maximum atomic E-state index is 13.2. The number of anilines is 1. The molecule has 2 heterocycles. The van der Waals surface area contributed by atoms with Gasteiger partial charge in [0.2, 0.25) is 0 Å². The molecule has 0 unspecified atom stereocenters. The maximum absolute atomic E-state index is 13.2. The normalized spacial score (nSPS) is 11.2. The van der Waals surface area contributed by atoms with Gasteiger partial charge in [0.15, 0.2) is 0 Å². The molecule has 0 aliphatic heterocycles. The number of rotatable bonds is 4. The molecule has 2 aromatic heterocycles. The van der Waals surface area contributed by atoms with Gasteiger partial charge in [-0.2, -0.15) is 0 Å². The van der Waals surface area contributed by atoms with Crippen LogP contribution in [0.3, 0.4) is 0 Å². The maximum Gasteiger partial charge on any atom is 0.145 e. The Morgan fingerprint density at radius 3 is 2.95 bits per heavy atom. The van der Waals surface area contributed by atoms with E-state index in [9.17, 15) is 4.39 Å². The van der Waals surface area contributed by atoms with Gasteiger partial charge < -0.3 is 9.84 Å². The minimum Gasteiger partial charge on any atom is -0.365 e. The van der Waals surface area contributed by atoms with Crippen molar-refractivity contribution in [2.45, 2.75) is 26.3 Å². The summed E-state index contributed by atoms with van der Waals surface area (Å²) in [5.74, 6) is 0.552. The molecule has 3 rings (SSSR count). The molecule has 6 heteroatoms. The van der Waals surface area contributed by atoms with E-state index in [0.717, 1.165) is 11.3 Å². The van der Waals surface area contributed by atoms with E-state index < -0.39 is 0 Å². The van der Waals surface area contributed by atoms with Crippen molar-refractivity contribution in [3.05, 3.63) is 47.7 Å². The van der Waals surface area contributed by atoms with Crippen molar-refractivity contribution in [3.63, 3.8) is 0 Å². The van der Waals surface area contributed by atoms with E-state index in [1.165, 1.54) is 12.1 Å². The standard InChI is InChI=1S/C15H15FN4O/c1-9(2)15-10(8-21-20-15)6-18-14-7-17-12-4-3-11(16)5-13(12)19-14/h3-5,7-9H,6H2,1-2H3,(H,18,19). The second-order valence-corrected chi connectivity index (χ2v) is 5.12. The lowest BCUT2D eigenvalue weighted by Gasteiger charge is -2.07. The van der Waals surface area contributed by atoms with E-state index >= 15 is 0 Å². The van der Waals surface area contributed by atoms with Crippen LogP contribution in [0.2, 0.25) is 0 Å². The van der Waals surface area contributed by atoms with Gasteiger partial charge in [-0.25, -0.2) is 9.37 Å². The molecule has 0 bridgehead atoms. The molecule has 0 aliphatic rings. The third-order valence-electron chi connectivity index (χ3n) is 3.19. The Bertz CT molecular complexity index is 769. The van der Waals surface area contributed by atoms with Crippen molar-refractivity contribution in [3.8, 4) is 0 Å². The van der Waals surface area contributed by atoms with Gasteiger partial charge in [0.05, 0.1) is 22.9 Å². The molecule has 0 saturated heterocycles. The largest absolute Gasteiger partial charge is 0.365 e. The van der Waals surface area contributed by atoms with E-state index in [1.54, 1.807) is 18.5 Å². The number of hydrogen-bond acceptors (Lipinski definition) is 5. The van der Waals surface area contributed by atoms with Crippen LogP contribution in [-0.2, 0) is 6.54 Å². The topological polar surface area (TPSA) is 63.8 Å². The van der Waals surface area contributed by atoms with Gasteiger partial charge in [-0.3, -0.25) is 4.98 Å². The van der Waals surface area contributed by atoms with Crippen LogP contribution in [0.15, 0.2) is 35.2 Å². The molecule has 5 nitrogen and oxygen atoms in total. The predicted molar refractivity (Wildman–Crippen MR) is 77.4 cm³/mol. The lowest BCUT2D eigenvalue weighted by atomic mass is 10.1. The van der Waals surface area contributed by atoms with Crippen LogP contribution in [0.25, 0.3) is 11.0 Å². The van der Waals surface area contributed by atoms with Crippen molar-refractivity contribution in [1.29, 1.82) is 0 Å². The highest BCUT2D eigenvalue weighted by Crippen LogP contribution is 2.19. The summed E-state index contributed by atoms with van der Waals surface area (Å²) in [5.41, 5.74) is 3.08. The first-order valence-corrected chi connectivity index (χ1v) is 6.73. The molecular weight excluding hydrogens is 271 g/mol. The number of halogens is 1. The first-order valence-electron chi connectivity index (χ1n) is 6.73. The summed E-state index contributed by atoms with van der Waals surface area (Å²) in [5, 5.41) is 7.15. The molecule has 0 atom stereocenters. The highest BCUT2D eigenvalue weighted by molar-refractivity contribution is 5.75. The van der Waals surface area contributed by atoms with Gasteiger partial charge >= 0.3 is 0 Å². The fourth-order valence-electron chi connectivity index (χ4n) is 2.13. The Balaban J connectivity index is 1.80. The fraction of sp³-hybridized carbons (Fsp3) is 0.267. The van der Waals surface area contributed by atoms with Crippen molar-refractivity contribution in [2.24, 2.45) is 0 Å². The third kappa shape index (κ3) is 2.84. The Morgan fingerprint density at radius 1 is 1.29 bits per heavy atom. The predicted octanol–water partition coefficient (Wildman–Crippen LogP) is 3.49. The van der Waals surface area contributed by atoms with Gasteiger partial charge in [-0.05, 0) is 18.1 Å². The highest BCUT2D eigenvalue weighted by Gasteiger charge is 2.11. The van der Waals surface area contributed by atoms with Crippen LogP contribution >= 0.6 is 0 Å². The van der Waals surface area contributed by atoms with Crippen LogP contribution in [-0.4, -0.2) is 15.1 Å². The molecule has 0 spiro atoms. The molecule has 1 aromatic carbocycles. The number of fused-ring (bicyclic) bond motifs is 1. The number of benzene rings is 1. The number of aromatic nitrogens is 3. The Morgan fingerprint density at radius 2 is 2.14 bits per heavy atom. The zero-order chi connectivity index (χ0) is 14.8. The summed E-state index contributed by atoms with van der Waals surface area (Å²) in [6.45, 7) is 4.65. The first kappa shape index (κ1) is 13.5.